The molecule has 1 fully saturated rings. The minimum Gasteiger partial charge on any atom is -0.324 e. The van der Waals surface area contributed by atoms with E-state index in [1.165, 1.54) is 6.42 Å². The molecule has 2 amide bonds. The van der Waals surface area contributed by atoms with Gasteiger partial charge in [-0.1, -0.05) is 38.3 Å². The van der Waals surface area contributed by atoms with Gasteiger partial charge in [-0.25, -0.2) is 0 Å². The van der Waals surface area contributed by atoms with Crippen LogP contribution in [0, 0.1) is 11.8 Å². The van der Waals surface area contributed by atoms with Crippen LogP contribution in [-0.2, 0) is 9.59 Å². The van der Waals surface area contributed by atoms with Crippen LogP contribution < -0.4 is 10.2 Å². The number of hydrogen-bond donors (Lipinski definition) is 1. The highest BCUT2D eigenvalue weighted by molar-refractivity contribution is 6.05. The molecular formula is C17H22N2O2. The fourth-order valence-corrected chi connectivity index (χ4v) is 3.30. The lowest BCUT2D eigenvalue weighted by molar-refractivity contribution is -0.123. The zero-order valence-corrected chi connectivity index (χ0v) is 12.5. The number of anilines is 2. The lowest BCUT2D eigenvalue weighted by atomic mass is 9.88. The van der Waals surface area contributed by atoms with E-state index in [9.17, 15) is 9.59 Å². The van der Waals surface area contributed by atoms with Crippen molar-refractivity contribution >= 4 is 23.2 Å². The molecule has 0 spiro atoms. The van der Waals surface area contributed by atoms with E-state index in [2.05, 4.69) is 5.32 Å². The summed E-state index contributed by atoms with van der Waals surface area (Å²) in [6.07, 6.45) is 5.47. The summed E-state index contributed by atoms with van der Waals surface area (Å²) in [4.78, 5) is 26.8. The molecule has 1 aliphatic heterocycles. The second kappa shape index (κ2) is 5.88. The summed E-state index contributed by atoms with van der Waals surface area (Å²) in [5, 5.41) is 2.93. The largest absolute Gasteiger partial charge is 0.324 e. The normalized spacial score (nSPS) is 23.2. The van der Waals surface area contributed by atoms with Crippen LogP contribution in [0.3, 0.4) is 0 Å². The van der Waals surface area contributed by atoms with Gasteiger partial charge in [0.1, 0.15) is 0 Å². The molecule has 3 rings (SSSR count). The molecule has 0 bridgehead atoms. The van der Waals surface area contributed by atoms with Crippen molar-refractivity contribution in [3.63, 3.8) is 0 Å². The van der Waals surface area contributed by atoms with E-state index in [4.69, 9.17) is 0 Å². The van der Waals surface area contributed by atoms with Gasteiger partial charge in [-0.3, -0.25) is 9.59 Å². The Morgan fingerprint density at radius 3 is 2.67 bits per heavy atom. The summed E-state index contributed by atoms with van der Waals surface area (Å²) in [6.45, 7) is 2.35. The predicted octanol–water partition coefficient (Wildman–Crippen LogP) is 3.19. The van der Waals surface area contributed by atoms with Crippen molar-refractivity contribution < 1.29 is 9.59 Å². The van der Waals surface area contributed by atoms with Gasteiger partial charge in [0.15, 0.2) is 0 Å². The van der Waals surface area contributed by atoms with Gasteiger partial charge < -0.3 is 10.2 Å². The van der Waals surface area contributed by atoms with Crippen LogP contribution >= 0.6 is 0 Å². The number of carbonyl (C=O) groups excluding carboxylic acids is 2. The number of fused-ring (bicyclic) bond motifs is 1. The van der Waals surface area contributed by atoms with Crippen LogP contribution in [0.1, 0.15) is 39.0 Å². The Morgan fingerprint density at radius 2 is 1.90 bits per heavy atom. The Balaban J connectivity index is 1.92. The summed E-state index contributed by atoms with van der Waals surface area (Å²) < 4.78 is 0. The van der Waals surface area contributed by atoms with Gasteiger partial charge in [0.25, 0.3) is 0 Å². The average molecular weight is 286 g/mol. The van der Waals surface area contributed by atoms with E-state index in [0.29, 0.717) is 6.54 Å². The monoisotopic (exact) mass is 286 g/mol. The van der Waals surface area contributed by atoms with Gasteiger partial charge in [0, 0.05) is 12.5 Å². The van der Waals surface area contributed by atoms with Gasteiger partial charge in [0.05, 0.1) is 17.3 Å². The fraction of sp³-hybridized carbons (Fsp3) is 0.529. The van der Waals surface area contributed by atoms with E-state index in [1.807, 2.05) is 36.1 Å². The highest BCUT2D eigenvalue weighted by Gasteiger charge is 2.32. The summed E-state index contributed by atoms with van der Waals surface area (Å²) in [6, 6.07) is 7.60. The molecule has 112 valence electrons. The molecule has 2 aliphatic rings. The second-order valence-electron chi connectivity index (χ2n) is 6.19. The summed E-state index contributed by atoms with van der Waals surface area (Å²) in [5.41, 5.74) is 1.58. The van der Waals surface area contributed by atoms with Crippen LogP contribution in [0.15, 0.2) is 24.3 Å². The number of benzene rings is 1. The molecule has 1 aromatic rings. The number of hydrogen-bond acceptors (Lipinski definition) is 2. The van der Waals surface area contributed by atoms with Crippen molar-refractivity contribution in [2.75, 3.05) is 16.8 Å². The maximum Gasteiger partial charge on any atom is 0.230 e. The van der Waals surface area contributed by atoms with Crippen LogP contribution in [0.2, 0.25) is 0 Å². The third-order valence-corrected chi connectivity index (χ3v) is 4.58. The smallest absolute Gasteiger partial charge is 0.230 e. The molecule has 1 aliphatic carbocycles. The van der Waals surface area contributed by atoms with Gasteiger partial charge in [-0.05, 0) is 25.0 Å². The van der Waals surface area contributed by atoms with Crippen molar-refractivity contribution in [2.24, 2.45) is 11.8 Å². The molecule has 1 heterocycles. The molecule has 1 saturated carbocycles. The minimum absolute atomic E-state index is 0.0126. The first-order chi connectivity index (χ1) is 10.2. The number of rotatable bonds is 1. The summed E-state index contributed by atoms with van der Waals surface area (Å²) in [7, 11) is 0. The first kappa shape index (κ1) is 14.1. The van der Waals surface area contributed by atoms with Gasteiger partial charge in [-0.2, -0.15) is 0 Å². The zero-order chi connectivity index (χ0) is 14.8. The lowest BCUT2D eigenvalue weighted by Gasteiger charge is -2.29. The van der Waals surface area contributed by atoms with E-state index in [0.717, 1.165) is 37.1 Å². The highest BCUT2D eigenvalue weighted by atomic mass is 16.2. The Morgan fingerprint density at radius 1 is 1.19 bits per heavy atom. The average Bonchev–Trinajstić information content (AvgIpc) is 2.65. The van der Waals surface area contributed by atoms with Gasteiger partial charge in [-0.15, -0.1) is 0 Å². The topological polar surface area (TPSA) is 49.4 Å². The van der Waals surface area contributed by atoms with E-state index in [-0.39, 0.29) is 23.7 Å². The van der Waals surface area contributed by atoms with Crippen LogP contribution in [-0.4, -0.2) is 18.4 Å². The molecule has 1 atom stereocenters. The van der Waals surface area contributed by atoms with Gasteiger partial charge >= 0.3 is 0 Å². The van der Waals surface area contributed by atoms with Crippen LogP contribution in [0.25, 0.3) is 0 Å². The Kier molecular flexibility index (Phi) is 3.95. The molecule has 4 nitrogen and oxygen atoms in total. The molecule has 0 saturated heterocycles. The van der Waals surface area contributed by atoms with E-state index in [1.54, 1.807) is 0 Å². The maximum absolute atomic E-state index is 12.9. The zero-order valence-electron chi connectivity index (χ0n) is 12.5. The van der Waals surface area contributed by atoms with Crippen molar-refractivity contribution in [3.05, 3.63) is 24.3 Å². The number of para-hydroxylation sites is 2. The number of nitrogens with zero attached hydrogens (tertiary/aromatic N) is 1. The van der Waals surface area contributed by atoms with Crippen molar-refractivity contribution in [2.45, 2.75) is 39.0 Å². The molecular weight excluding hydrogens is 264 g/mol. The number of carbonyl (C=O) groups is 2. The Labute approximate surface area is 125 Å². The lowest BCUT2D eigenvalue weighted by Crippen LogP contribution is -2.40. The van der Waals surface area contributed by atoms with Crippen molar-refractivity contribution in [1.82, 2.24) is 0 Å². The van der Waals surface area contributed by atoms with Crippen LogP contribution in [0.5, 0.6) is 0 Å². The summed E-state index contributed by atoms with van der Waals surface area (Å²) in [5.74, 6) is 0.101. The van der Waals surface area contributed by atoms with E-state index < -0.39 is 0 Å². The molecule has 4 heteroatoms. The molecule has 0 aromatic heterocycles. The van der Waals surface area contributed by atoms with Crippen molar-refractivity contribution in [3.8, 4) is 0 Å². The Hall–Kier alpha value is -1.84. The minimum atomic E-state index is -0.190. The summed E-state index contributed by atoms with van der Waals surface area (Å²) >= 11 is 0. The predicted molar refractivity (Wildman–Crippen MR) is 83.2 cm³/mol. The van der Waals surface area contributed by atoms with E-state index >= 15 is 0 Å². The third-order valence-electron chi connectivity index (χ3n) is 4.58. The van der Waals surface area contributed by atoms with Gasteiger partial charge in [0.2, 0.25) is 11.8 Å². The third kappa shape index (κ3) is 2.80. The Bertz CT molecular complexity index is 549. The first-order valence-electron chi connectivity index (χ1n) is 7.88. The van der Waals surface area contributed by atoms with Crippen molar-refractivity contribution in [1.29, 1.82) is 0 Å². The fourth-order valence-electron chi connectivity index (χ4n) is 3.30. The second-order valence-corrected chi connectivity index (χ2v) is 6.19. The van der Waals surface area contributed by atoms with Crippen LogP contribution in [0.4, 0.5) is 11.4 Å². The number of nitrogens with one attached hydrogen (secondary N) is 1. The molecule has 0 unspecified atom stereocenters. The molecule has 0 radical (unpaired) electrons. The molecule has 1 aromatic carbocycles. The molecule has 1 N–H and O–H groups in total. The highest BCUT2D eigenvalue weighted by Crippen LogP contribution is 2.33. The first-order valence-corrected chi connectivity index (χ1v) is 7.88. The quantitative estimate of drug-likeness (QED) is 0.862. The standard InChI is InChI=1S/C17H22N2O2/c1-12-11-19(17(21)13-7-3-2-4-8-13)15-10-6-5-9-14(15)18-16(12)20/h5-6,9-10,12-13H,2-4,7-8,11H2,1H3,(H,18,20)/t12-/m1/s1. The maximum atomic E-state index is 12.9. The SMILES string of the molecule is C[C@@H]1CN(C(=O)C2CCCCC2)c2ccccc2NC1=O. The number of amides is 2. The molecule has 21 heavy (non-hydrogen) atoms.